The molecule has 2 atom stereocenters. The van der Waals surface area contributed by atoms with Crippen molar-refractivity contribution in [3.63, 3.8) is 0 Å². The summed E-state index contributed by atoms with van der Waals surface area (Å²) in [6, 6.07) is 11.3. The number of hydrogen-bond acceptors (Lipinski definition) is 1. The van der Waals surface area contributed by atoms with Crippen molar-refractivity contribution in [2.75, 3.05) is 0 Å². The topological polar surface area (TPSA) is 15.4 Å². The Bertz CT molecular complexity index is 435. The van der Waals surface area contributed by atoms with E-state index < -0.39 is 0 Å². The molecule has 2 nitrogen and oxygen atoms in total. The molecule has 0 unspecified atom stereocenters. The lowest BCUT2D eigenvalue weighted by Gasteiger charge is -2.28. The fraction of sp³-hybridized carbons (Fsp3) is 0.600. The predicted molar refractivity (Wildman–Crippen MR) is 68.6 cm³/mol. The Hall–Kier alpha value is -1.18. The van der Waals surface area contributed by atoms with Crippen LogP contribution in [0.4, 0.5) is 5.69 Å². The Labute approximate surface area is 103 Å². The van der Waals surface area contributed by atoms with E-state index in [1.165, 1.54) is 31.4 Å². The number of nitrogens with zero attached hydrogens (tertiary/aromatic N) is 2. The van der Waals surface area contributed by atoms with Gasteiger partial charge >= 0.3 is 0 Å². The van der Waals surface area contributed by atoms with Gasteiger partial charge in [0.25, 0.3) is 0 Å². The van der Waals surface area contributed by atoms with Crippen molar-refractivity contribution in [3.8, 4) is 0 Å². The summed E-state index contributed by atoms with van der Waals surface area (Å²) in [5, 5.41) is 5.08. The van der Waals surface area contributed by atoms with Gasteiger partial charge in [0.1, 0.15) is 5.54 Å². The first-order chi connectivity index (χ1) is 8.21. The number of hydrogen-bond donors (Lipinski definition) is 0. The maximum absolute atomic E-state index is 5.08. The lowest BCUT2D eigenvalue weighted by Crippen LogP contribution is -2.35. The summed E-state index contributed by atoms with van der Waals surface area (Å²) in [7, 11) is 0. The molecule has 0 radical (unpaired) electrons. The van der Waals surface area contributed by atoms with Crippen LogP contribution in [0.2, 0.25) is 0 Å². The van der Waals surface area contributed by atoms with E-state index in [1.54, 1.807) is 0 Å². The Morgan fingerprint density at radius 3 is 2.71 bits per heavy atom. The highest BCUT2D eigenvalue weighted by Crippen LogP contribution is 2.45. The van der Waals surface area contributed by atoms with Gasteiger partial charge in [-0.3, -0.25) is 0 Å². The van der Waals surface area contributed by atoms with E-state index in [9.17, 15) is 0 Å². The minimum absolute atomic E-state index is 0.221. The van der Waals surface area contributed by atoms with E-state index in [0.29, 0.717) is 12.0 Å². The fourth-order valence-corrected chi connectivity index (χ4v) is 3.34. The Morgan fingerprint density at radius 2 is 2.06 bits per heavy atom. The molecule has 90 valence electrons. The molecule has 1 saturated carbocycles. The number of para-hydroxylation sites is 1. The predicted octanol–water partition coefficient (Wildman–Crippen LogP) is 4.13. The molecule has 3 rings (SSSR count). The Morgan fingerprint density at radius 1 is 1.29 bits per heavy atom. The van der Waals surface area contributed by atoms with E-state index in [4.69, 9.17) is 5.11 Å². The van der Waals surface area contributed by atoms with Crippen molar-refractivity contribution in [1.29, 1.82) is 0 Å². The second-order valence-corrected chi connectivity index (χ2v) is 5.79. The second-order valence-electron chi connectivity index (χ2n) is 5.79. The fourth-order valence-electron chi connectivity index (χ4n) is 3.34. The minimum Gasteiger partial charge on any atom is -0.0858 e. The smallest absolute Gasteiger partial charge is 0.0858 e. The van der Waals surface area contributed by atoms with Gasteiger partial charge in [-0.1, -0.05) is 36.7 Å². The molecule has 2 heteroatoms. The first kappa shape index (κ1) is 10.9. The number of azo groups is 2. The highest BCUT2D eigenvalue weighted by molar-refractivity contribution is 5.28. The average molecular weight is 229 g/mol. The van der Waals surface area contributed by atoms with Crippen LogP contribution >= 0.6 is 0 Å². The highest BCUT2D eigenvalue weighted by atomic mass is 15.4. The summed E-state index contributed by atoms with van der Waals surface area (Å²) in [6.45, 7) is 4.64. The average Bonchev–Trinajstić information content (AvgIpc) is 2.63. The molecule has 1 aliphatic carbocycles. The van der Waals surface area contributed by atoms with Gasteiger partial charge in [0.2, 0.25) is 5.69 Å². The van der Waals surface area contributed by atoms with Crippen molar-refractivity contribution >= 4 is 5.69 Å². The molecule has 1 fully saturated rings. The van der Waals surface area contributed by atoms with E-state index in [1.807, 2.05) is 0 Å². The largest absolute Gasteiger partial charge is 0.231 e. The van der Waals surface area contributed by atoms with Gasteiger partial charge in [-0.05, 0) is 23.9 Å². The maximum Gasteiger partial charge on any atom is 0.231 e. The van der Waals surface area contributed by atoms with E-state index in [0.717, 1.165) is 0 Å². The molecule has 2 aliphatic rings. The van der Waals surface area contributed by atoms with Crippen molar-refractivity contribution < 1.29 is 4.70 Å². The quantitative estimate of drug-likeness (QED) is 0.677. The van der Waals surface area contributed by atoms with Gasteiger partial charge in [0.05, 0.1) is 0 Å². The zero-order valence-electron chi connectivity index (χ0n) is 10.8. The molecular formula is C15H21N2+. The number of rotatable bonds is 2. The summed E-state index contributed by atoms with van der Waals surface area (Å²) in [5.41, 5.74) is 1.49. The van der Waals surface area contributed by atoms with Crippen LogP contribution in [0.5, 0.6) is 0 Å². The van der Waals surface area contributed by atoms with Crippen LogP contribution in [0.25, 0.3) is 0 Å². The molecule has 1 aromatic carbocycles. The monoisotopic (exact) mass is 229 g/mol. The normalized spacial score (nSPS) is 31.7. The van der Waals surface area contributed by atoms with Crippen molar-refractivity contribution in [1.82, 2.24) is 0 Å². The van der Waals surface area contributed by atoms with Crippen LogP contribution in [0.3, 0.4) is 0 Å². The van der Waals surface area contributed by atoms with Crippen LogP contribution < -0.4 is 0 Å². The van der Waals surface area contributed by atoms with Crippen LogP contribution in [0, 0.1) is 5.92 Å². The molecular weight excluding hydrogens is 208 g/mol. The van der Waals surface area contributed by atoms with E-state index >= 15 is 0 Å². The summed E-state index contributed by atoms with van der Waals surface area (Å²) >= 11 is 0. The van der Waals surface area contributed by atoms with Gasteiger partial charge in [0, 0.05) is 25.0 Å². The second kappa shape index (κ2) is 3.94. The molecule has 1 aliphatic heterocycles. The third kappa shape index (κ3) is 1.70. The first-order valence-electron chi connectivity index (χ1n) is 6.78. The molecule has 1 heterocycles. The molecule has 2 bridgehead atoms. The molecule has 0 N–H and O–H groups in total. The Balaban J connectivity index is 2.01. The number of fused-ring (bicyclic) bond motifs is 2. The van der Waals surface area contributed by atoms with Crippen LogP contribution in [-0.4, -0.2) is 16.3 Å². The van der Waals surface area contributed by atoms with Crippen LogP contribution in [0.1, 0.15) is 39.5 Å². The SMILES string of the molecule is CC(C)[C@]12CCC[C@H](C1)[N+](c1ccccc1)=N2. The van der Waals surface area contributed by atoms with Gasteiger partial charge in [-0.25, -0.2) is 0 Å². The summed E-state index contributed by atoms with van der Waals surface area (Å²) in [6.07, 6.45) is 5.15. The van der Waals surface area contributed by atoms with Gasteiger partial charge in [0.15, 0.2) is 6.04 Å². The maximum atomic E-state index is 5.08. The molecule has 0 aromatic heterocycles. The molecule has 0 amide bonds. The lowest BCUT2D eigenvalue weighted by molar-refractivity contribution is -0.538. The van der Waals surface area contributed by atoms with Crippen molar-refractivity contribution in [2.45, 2.75) is 51.1 Å². The summed E-state index contributed by atoms with van der Waals surface area (Å²) < 4.78 is 2.30. The van der Waals surface area contributed by atoms with Gasteiger partial charge in [-0.15, -0.1) is 0 Å². The van der Waals surface area contributed by atoms with Gasteiger partial charge in [-0.2, -0.15) is 0 Å². The van der Waals surface area contributed by atoms with E-state index in [-0.39, 0.29) is 5.54 Å². The van der Waals surface area contributed by atoms with Crippen molar-refractivity contribution in [2.24, 2.45) is 11.0 Å². The van der Waals surface area contributed by atoms with Crippen LogP contribution in [-0.2, 0) is 0 Å². The van der Waals surface area contributed by atoms with Crippen molar-refractivity contribution in [3.05, 3.63) is 30.3 Å². The molecule has 0 saturated heterocycles. The third-order valence-corrected chi connectivity index (χ3v) is 4.48. The molecule has 0 spiro atoms. The molecule has 17 heavy (non-hydrogen) atoms. The first-order valence-corrected chi connectivity index (χ1v) is 6.78. The zero-order chi connectivity index (χ0) is 11.9. The zero-order valence-corrected chi connectivity index (χ0v) is 10.8. The Kier molecular flexibility index (Phi) is 2.53. The lowest BCUT2D eigenvalue weighted by atomic mass is 9.74. The number of benzene rings is 1. The van der Waals surface area contributed by atoms with Gasteiger partial charge < -0.3 is 0 Å². The summed E-state index contributed by atoms with van der Waals surface area (Å²) in [5.74, 6) is 0.652. The standard InChI is InChI=1S/C15H21N2/c1-12(2)15-10-6-9-14(11-15)17(16-15)13-7-4-3-5-8-13/h3-5,7-8,12,14H,6,9-11H2,1-2H3/q+1/t14-,15+/m1/s1. The van der Waals surface area contributed by atoms with E-state index in [2.05, 4.69) is 48.9 Å². The molecule has 1 aromatic rings. The minimum atomic E-state index is 0.221. The van der Waals surface area contributed by atoms with Crippen LogP contribution in [0.15, 0.2) is 35.4 Å². The highest BCUT2D eigenvalue weighted by Gasteiger charge is 2.52. The summed E-state index contributed by atoms with van der Waals surface area (Å²) in [4.78, 5) is 0. The third-order valence-electron chi connectivity index (χ3n) is 4.48.